The van der Waals surface area contributed by atoms with Gasteiger partial charge < -0.3 is 20.5 Å². The fraction of sp³-hybridized carbons (Fsp3) is 0.562. The Bertz CT molecular complexity index is 480. The lowest BCUT2D eigenvalue weighted by molar-refractivity contribution is 0.170. The lowest BCUT2D eigenvalue weighted by Crippen LogP contribution is -2.43. The van der Waals surface area contributed by atoms with Gasteiger partial charge in [0.2, 0.25) is 0 Å². The predicted octanol–water partition coefficient (Wildman–Crippen LogP) is 2.48. The molecule has 1 aromatic carbocycles. The molecule has 0 bridgehead atoms. The highest BCUT2D eigenvalue weighted by Gasteiger charge is 2.16. The number of primary amides is 1. The van der Waals surface area contributed by atoms with Crippen molar-refractivity contribution in [1.29, 1.82) is 0 Å². The lowest BCUT2D eigenvalue weighted by atomic mass is 9.96. The van der Waals surface area contributed by atoms with Crippen LogP contribution in [0, 0.1) is 11.7 Å². The van der Waals surface area contributed by atoms with Crippen LogP contribution in [0.4, 0.5) is 9.18 Å². The number of nitrogens with one attached hydrogen (secondary N) is 1. The molecule has 5 nitrogen and oxygen atoms in total. The fourth-order valence-electron chi connectivity index (χ4n) is 2.06. The summed E-state index contributed by atoms with van der Waals surface area (Å²) in [5.41, 5.74) is 6.07. The molecule has 0 aliphatic rings. The van der Waals surface area contributed by atoms with Gasteiger partial charge in [0.15, 0.2) is 11.6 Å². The van der Waals surface area contributed by atoms with Gasteiger partial charge in [0.25, 0.3) is 0 Å². The second-order valence-electron chi connectivity index (χ2n) is 5.52. The van der Waals surface area contributed by atoms with Crippen molar-refractivity contribution in [3.63, 3.8) is 0 Å². The molecule has 0 aromatic heterocycles. The quantitative estimate of drug-likeness (QED) is 0.688. The van der Waals surface area contributed by atoms with Crippen molar-refractivity contribution in [3.05, 3.63) is 29.6 Å². The number of amides is 2. The van der Waals surface area contributed by atoms with Crippen LogP contribution in [0.5, 0.6) is 5.75 Å². The van der Waals surface area contributed by atoms with Crippen LogP contribution in [0.2, 0.25) is 0 Å². The normalized spacial score (nSPS) is 12.2. The highest BCUT2D eigenvalue weighted by atomic mass is 19.1. The molecule has 0 saturated carbocycles. The first-order chi connectivity index (χ1) is 10.4. The third kappa shape index (κ3) is 6.30. The van der Waals surface area contributed by atoms with E-state index in [0.717, 1.165) is 5.56 Å². The molecule has 3 N–H and O–H groups in total. The molecular weight excluding hydrogens is 287 g/mol. The zero-order chi connectivity index (χ0) is 16.5. The largest absolute Gasteiger partial charge is 0.490 e. The Balaban J connectivity index is 2.71. The van der Waals surface area contributed by atoms with E-state index in [1.54, 1.807) is 19.2 Å². The highest BCUT2D eigenvalue weighted by molar-refractivity contribution is 5.72. The topological polar surface area (TPSA) is 73.6 Å². The van der Waals surface area contributed by atoms with E-state index in [1.165, 1.54) is 6.07 Å². The lowest BCUT2D eigenvalue weighted by Gasteiger charge is -2.21. The second-order valence-corrected chi connectivity index (χ2v) is 5.52. The van der Waals surface area contributed by atoms with Crippen molar-refractivity contribution < 1.29 is 18.7 Å². The molecule has 0 spiro atoms. The second kappa shape index (κ2) is 9.25. The molecule has 0 aliphatic heterocycles. The predicted molar refractivity (Wildman–Crippen MR) is 83.4 cm³/mol. The van der Waals surface area contributed by atoms with Gasteiger partial charge in [-0.25, -0.2) is 9.18 Å². The van der Waals surface area contributed by atoms with Crippen molar-refractivity contribution in [3.8, 4) is 5.75 Å². The van der Waals surface area contributed by atoms with Crippen molar-refractivity contribution in [2.45, 2.75) is 32.7 Å². The number of halogens is 1. The van der Waals surface area contributed by atoms with E-state index >= 15 is 0 Å². The molecule has 0 heterocycles. The van der Waals surface area contributed by atoms with Crippen LogP contribution in [0.1, 0.15) is 25.8 Å². The molecule has 0 aliphatic carbocycles. The Hall–Kier alpha value is -1.82. The number of methoxy groups -OCH3 is 1. The molecule has 1 unspecified atom stereocenters. The summed E-state index contributed by atoms with van der Waals surface area (Å²) in [6.45, 7) is 4.94. The van der Waals surface area contributed by atoms with Gasteiger partial charge in [-0.3, -0.25) is 0 Å². The Morgan fingerprint density at radius 1 is 1.36 bits per heavy atom. The van der Waals surface area contributed by atoms with E-state index in [9.17, 15) is 9.18 Å². The van der Waals surface area contributed by atoms with Gasteiger partial charge >= 0.3 is 6.03 Å². The fourth-order valence-corrected chi connectivity index (χ4v) is 2.06. The number of hydrogen-bond donors (Lipinski definition) is 2. The molecule has 0 saturated heterocycles. The highest BCUT2D eigenvalue weighted by Crippen LogP contribution is 2.21. The van der Waals surface area contributed by atoms with Crippen LogP contribution in [-0.4, -0.2) is 32.4 Å². The number of carbonyl (C=O) groups is 1. The van der Waals surface area contributed by atoms with Crippen LogP contribution in [0.15, 0.2) is 18.2 Å². The number of hydrogen-bond acceptors (Lipinski definition) is 3. The van der Waals surface area contributed by atoms with E-state index in [1.807, 2.05) is 13.8 Å². The Kier molecular flexibility index (Phi) is 7.66. The molecule has 1 atom stereocenters. The van der Waals surface area contributed by atoms with Crippen molar-refractivity contribution in [2.75, 3.05) is 20.3 Å². The van der Waals surface area contributed by atoms with Crippen LogP contribution < -0.4 is 15.8 Å². The maximum atomic E-state index is 13.7. The summed E-state index contributed by atoms with van der Waals surface area (Å²) in [4.78, 5) is 11.0. The SMILES string of the molecule is COCCCOc1cc(CC(NC(N)=O)C(C)C)ccc1F. The molecular formula is C16H25FN2O3. The zero-order valence-electron chi connectivity index (χ0n) is 13.4. The first-order valence-corrected chi connectivity index (χ1v) is 7.40. The zero-order valence-corrected chi connectivity index (χ0v) is 13.4. The van der Waals surface area contributed by atoms with Crippen LogP contribution in [-0.2, 0) is 11.2 Å². The van der Waals surface area contributed by atoms with E-state index in [2.05, 4.69) is 5.32 Å². The Labute approximate surface area is 131 Å². The summed E-state index contributed by atoms with van der Waals surface area (Å²) in [5, 5.41) is 2.71. The third-order valence-electron chi connectivity index (χ3n) is 3.33. The van der Waals surface area contributed by atoms with E-state index in [4.69, 9.17) is 15.2 Å². The summed E-state index contributed by atoms with van der Waals surface area (Å²) >= 11 is 0. The summed E-state index contributed by atoms with van der Waals surface area (Å²) in [6, 6.07) is 4.07. The summed E-state index contributed by atoms with van der Waals surface area (Å²) in [7, 11) is 1.61. The smallest absolute Gasteiger partial charge is 0.312 e. The molecule has 22 heavy (non-hydrogen) atoms. The number of benzene rings is 1. The summed E-state index contributed by atoms with van der Waals surface area (Å²) in [6.07, 6.45) is 1.26. The minimum absolute atomic E-state index is 0.107. The summed E-state index contributed by atoms with van der Waals surface area (Å²) in [5.74, 6) is 0.0314. The van der Waals surface area contributed by atoms with Gasteiger partial charge in [0.05, 0.1) is 6.61 Å². The Morgan fingerprint density at radius 3 is 2.68 bits per heavy atom. The van der Waals surface area contributed by atoms with Gasteiger partial charge in [-0.05, 0) is 30.0 Å². The number of rotatable bonds is 9. The molecule has 2 amide bonds. The van der Waals surface area contributed by atoms with Gasteiger partial charge in [-0.15, -0.1) is 0 Å². The van der Waals surface area contributed by atoms with E-state index in [0.29, 0.717) is 26.1 Å². The maximum absolute atomic E-state index is 13.7. The molecule has 6 heteroatoms. The van der Waals surface area contributed by atoms with E-state index < -0.39 is 11.8 Å². The first kappa shape index (κ1) is 18.2. The number of ether oxygens (including phenoxy) is 2. The van der Waals surface area contributed by atoms with Gasteiger partial charge in [0.1, 0.15) is 0 Å². The Morgan fingerprint density at radius 2 is 2.09 bits per heavy atom. The van der Waals surface area contributed by atoms with Gasteiger partial charge in [-0.1, -0.05) is 19.9 Å². The molecule has 124 valence electrons. The van der Waals surface area contributed by atoms with Crippen LogP contribution >= 0.6 is 0 Å². The van der Waals surface area contributed by atoms with Crippen molar-refractivity contribution in [2.24, 2.45) is 11.7 Å². The average molecular weight is 312 g/mol. The molecule has 1 aromatic rings. The minimum atomic E-state index is -0.558. The van der Waals surface area contributed by atoms with Crippen molar-refractivity contribution >= 4 is 6.03 Å². The summed E-state index contributed by atoms with van der Waals surface area (Å²) < 4.78 is 24.1. The monoisotopic (exact) mass is 312 g/mol. The standard InChI is InChI=1S/C16H25FN2O3/c1-11(2)14(19-16(18)20)9-12-5-6-13(17)15(10-12)22-8-4-7-21-3/h5-6,10-11,14H,4,7-9H2,1-3H3,(H3,18,19,20). The maximum Gasteiger partial charge on any atom is 0.312 e. The third-order valence-corrected chi connectivity index (χ3v) is 3.33. The number of urea groups is 1. The van der Waals surface area contributed by atoms with Gasteiger partial charge in [0, 0.05) is 26.2 Å². The molecule has 1 rings (SSSR count). The minimum Gasteiger partial charge on any atom is -0.490 e. The van der Waals surface area contributed by atoms with Gasteiger partial charge in [-0.2, -0.15) is 0 Å². The average Bonchev–Trinajstić information content (AvgIpc) is 2.45. The van der Waals surface area contributed by atoms with Crippen molar-refractivity contribution in [1.82, 2.24) is 5.32 Å². The van der Waals surface area contributed by atoms with Crippen LogP contribution in [0.25, 0.3) is 0 Å². The van der Waals surface area contributed by atoms with E-state index in [-0.39, 0.29) is 17.7 Å². The van der Waals surface area contributed by atoms with Crippen LogP contribution in [0.3, 0.4) is 0 Å². The first-order valence-electron chi connectivity index (χ1n) is 7.40. The molecule has 0 fully saturated rings. The molecule has 0 radical (unpaired) electrons. The number of nitrogens with two attached hydrogens (primary N) is 1. The number of carbonyl (C=O) groups excluding carboxylic acids is 1.